The maximum atomic E-state index is 12.3. The van der Waals surface area contributed by atoms with Crippen LogP contribution in [0.4, 0.5) is 0 Å². The third-order valence-electron chi connectivity index (χ3n) is 3.54. The summed E-state index contributed by atoms with van der Waals surface area (Å²) in [6, 6.07) is 6.77. The molecular formula is C15H25NO3S. The van der Waals surface area contributed by atoms with E-state index in [9.17, 15) is 8.42 Å². The van der Waals surface area contributed by atoms with Crippen molar-refractivity contribution < 1.29 is 13.2 Å². The van der Waals surface area contributed by atoms with Crippen molar-refractivity contribution in [2.24, 2.45) is 11.7 Å². The van der Waals surface area contributed by atoms with E-state index < -0.39 is 21.1 Å². The summed E-state index contributed by atoms with van der Waals surface area (Å²) in [4.78, 5) is 0. The third kappa shape index (κ3) is 4.21. The van der Waals surface area contributed by atoms with Crippen LogP contribution in [-0.4, -0.2) is 26.0 Å². The Labute approximate surface area is 122 Å². The van der Waals surface area contributed by atoms with Gasteiger partial charge in [-0.25, -0.2) is 8.42 Å². The summed E-state index contributed by atoms with van der Waals surface area (Å²) >= 11 is 0. The van der Waals surface area contributed by atoms with Gasteiger partial charge in [-0.15, -0.1) is 0 Å². The molecule has 1 aromatic carbocycles. The Bertz CT molecular complexity index is 526. The van der Waals surface area contributed by atoms with E-state index in [0.29, 0.717) is 12.4 Å². The lowest BCUT2D eigenvalue weighted by molar-refractivity contribution is 0.335. The van der Waals surface area contributed by atoms with Crippen LogP contribution < -0.4 is 10.5 Å². The largest absolute Gasteiger partial charge is 0.494 e. The number of benzene rings is 1. The second kappa shape index (κ2) is 7.09. The summed E-state index contributed by atoms with van der Waals surface area (Å²) in [5.74, 6) is 0.681. The summed E-state index contributed by atoms with van der Waals surface area (Å²) in [6.45, 7) is 7.96. The highest BCUT2D eigenvalue weighted by Gasteiger charge is 2.27. The van der Waals surface area contributed by atoms with Gasteiger partial charge in [0.05, 0.1) is 17.6 Å². The van der Waals surface area contributed by atoms with E-state index in [2.05, 4.69) is 0 Å². The lowest BCUT2D eigenvalue weighted by Gasteiger charge is -2.21. The van der Waals surface area contributed by atoms with Crippen LogP contribution in [-0.2, 0) is 9.84 Å². The number of hydrogen-bond donors (Lipinski definition) is 1. The van der Waals surface area contributed by atoms with E-state index in [0.717, 1.165) is 5.56 Å². The van der Waals surface area contributed by atoms with Gasteiger partial charge in [0.2, 0.25) is 0 Å². The van der Waals surface area contributed by atoms with Gasteiger partial charge >= 0.3 is 0 Å². The van der Waals surface area contributed by atoms with Crippen molar-refractivity contribution in [3.05, 3.63) is 29.8 Å². The van der Waals surface area contributed by atoms with Crippen LogP contribution in [0, 0.1) is 5.92 Å². The van der Waals surface area contributed by atoms with E-state index in [4.69, 9.17) is 10.5 Å². The van der Waals surface area contributed by atoms with Crippen LogP contribution in [0.15, 0.2) is 24.3 Å². The summed E-state index contributed by atoms with van der Waals surface area (Å²) < 4.78 is 30.1. The monoisotopic (exact) mass is 299 g/mol. The van der Waals surface area contributed by atoms with Crippen LogP contribution in [0.1, 0.15) is 39.3 Å². The minimum Gasteiger partial charge on any atom is -0.494 e. The molecule has 0 aliphatic rings. The molecule has 0 radical (unpaired) electrons. The molecule has 0 saturated heterocycles. The molecule has 2 N–H and O–H groups in total. The second-order valence-corrected chi connectivity index (χ2v) is 7.76. The first-order valence-corrected chi connectivity index (χ1v) is 8.70. The van der Waals surface area contributed by atoms with Crippen molar-refractivity contribution >= 4 is 9.84 Å². The molecule has 20 heavy (non-hydrogen) atoms. The van der Waals surface area contributed by atoms with Crippen LogP contribution in [0.2, 0.25) is 0 Å². The van der Waals surface area contributed by atoms with Gasteiger partial charge in [0.15, 0.2) is 9.84 Å². The normalized spacial score (nSPS) is 15.1. The molecule has 0 heterocycles. The Morgan fingerprint density at radius 3 is 2.35 bits per heavy atom. The lowest BCUT2D eigenvalue weighted by Crippen LogP contribution is -2.31. The zero-order valence-corrected chi connectivity index (χ0v) is 13.5. The molecule has 0 aromatic heterocycles. The smallest absolute Gasteiger partial charge is 0.155 e. The minimum atomic E-state index is -3.22. The van der Waals surface area contributed by atoms with E-state index in [1.54, 1.807) is 6.92 Å². The van der Waals surface area contributed by atoms with Gasteiger partial charge in [0.1, 0.15) is 5.75 Å². The fraction of sp³-hybridized carbons (Fsp3) is 0.600. The van der Waals surface area contributed by atoms with E-state index in [1.165, 1.54) is 0 Å². The fourth-order valence-corrected chi connectivity index (χ4v) is 3.79. The first-order chi connectivity index (χ1) is 9.29. The Hall–Kier alpha value is -1.07. The van der Waals surface area contributed by atoms with Gasteiger partial charge in [-0.3, -0.25) is 0 Å². The Morgan fingerprint density at radius 2 is 1.80 bits per heavy atom. The van der Waals surface area contributed by atoms with Crippen LogP contribution in [0.25, 0.3) is 0 Å². The van der Waals surface area contributed by atoms with Gasteiger partial charge in [0, 0.05) is 11.6 Å². The Kier molecular flexibility index (Phi) is 6.02. The van der Waals surface area contributed by atoms with Gasteiger partial charge in [0.25, 0.3) is 0 Å². The highest BCUT2D eigenvalue weighted by atomic mass is 32.2. The van der Waals surface area contributed by atoms with Crippen molar-refractivity contribution in [2.75, 3.05) is 12.4 Å². The zero-order valence-electron chi connectivity index (χ0n) is 12.7. The topological polar surface area (TPSA) is 69.4 Å². The maximum Gasteiger partial charge on any atom is 0.155 e. The number of rotatable bonds is 7. The van der Waals surface area contributed by atoms with Crippen molar-refractivity contribution in [1.82, 2.24) is 0 Å². The molecule has 0 amide bonds. The Morgan fingerprint density at radius 1 is 1.20 bits per heavy atom. The highest BCUT2D eigenvalue weighted by molar-refractivity contribution is 7.92. The molecule has 0 aliphatic carbocycles. The standard InChI is InChI=1S/C15H25NO3S/c1-5-19-15-9-7-6-8-13(15)14(16)10-20(17,18)12(4)11(2)3/h6-9,11-12,14H,5,10,16H2,1-4H3. The molecule has 1 aromatic rings. The molecule has 0 spiro atoms. The number of para-hydroxylation sites is 1. The fourth-order valence-electron chi connectivity index (χ4n) is 1.98. The highest BCUT2D eigenvalue weighted by Crippen LogP contribution is 2.26. The lowest BCUT2D eigenvalue weighted by atomic mass is 10.1. The molecule has 5 heteroatoms. The molecule has 114 valence electrons. The molecule has 2 atom stereocenters. The van der Waals surface area contributed by atoms with Crippen molar-refractivity contribution in [2.45, 2.75) is 39.0 Å². The summed E-state index contributed by atoms with van der Waals surface area (Å²) in [7, 11) is -3.22. The van der Waals surface area contributed by atoms with Crippen molar-refractivity contribution in [3.8, 4) is 5.75 Å². The first kappa shape index (κ1) is 17.0. The quantitative estimate of drug-likeness (QED) is 0.840. The predicted molar refractivity (Wildman–Crippen MR) is 82.6 cm³/mol. The average Bonchev–Trinajstić information content (AvgIpc) is 2.38. The van der Waals surface area contributed by atoms with Gasteiger partial charge in [-0.1, -0.05) is 32.0 Å². The summed E-state index contributed by atoms with van der Waals surface area (Å²) in [5, 5.41) is -0.396. The third-order valence-corrected chi connectivity index (χ3v) is 6.04. The zero-order chi connectivity index (χ0) is 15.3. The molecule has 0 saturated carbocycles. The number of sulfone groups is 1. The second-order valence-electron chi connectivity index (χ2n) is 5.36. The van der Waals surface area contributed by atoms with Crippen molar-refractivity contribution in [1.29, 1.82) is 0 Å². The van der Waals surface area contributed by atoms with Crippen LogP contribution >= 0.6 is 0 Å². The summed E-state index contributed by atoms with van der Waals surface area (Å²) in [5.41, 5.74) is 6.84. The average molecular weight is 299 g/mol. The molecular weight excluding hydrogens is 274 g/mol. The summed E-state index contributed by atoms with van der Waals surface area (Å²) in [6.07, 6.45) is 0. The van der Waals surface area contributed by atoms with E-state index in [-0.39, 0.29) is 11.7 Å². The molecule has 2 unspecified atom stereocenters. The van der Waals surface area contributed by atoms with Crippen LogP contribution in [0.3, 0.4) is 0 Å². The number of ether oxygens (including phenoxy) is 1. The SMILES string of the molecule is CCOc1ccccc1C(N)CS(=O)(=O)C(C)C(C)C. The molecule has 0 fully saturated rings. The predicted octanol–water partition coefficient (Wildman–Crippen LogP) is 2.54. The minimum absolute atomic E-state index is 0.0591. The number of hydrogen-bond acceptors (Lipinski definition) is 4. The number of nitrogens with two attached hydrogens (primary N) is 1. The van der Waals surface area contributed by atoms with Gasteiger partial charge in [-0.2, -0.15) is 0 Å². The van der Waals surface area contributed by atoms with Gasteiger partial charge < -0.3 is 10.5 Å². The van der Waals surface area contributed by atoms with Gasteiger partial charge in [-0.05, 0) is 25.8 Å². The first-order valence-electron chi connectivity index (χ1n) is 6.98. The van der Waals surface area contributed by atoms with Crippen LogP contribution in [0.5, 0.6) is 5.75 Å². The maximum absolute atomic E-state index is 12.3. The molecule has 4 nitrogen and oxygen atoms in total. The van der Waals surface area contributed by atoms with E-state index in [1.807, 2.05) is 45.0 Å². The Balaban J connectivity index is 2.94. The van der Waals surface area contributed by atoms with Crippen molar-refractivity contribution in [3.63, 3.8) is 0 Å². The molecule has 0 aliphatic heterocycles. The molecule has 1 rings (SSSR count). The van der Waals surface area contributed by atoms with E-state index >= 15 is 0 Å². The molecule has 0 bridgehead atoms.